The highest BCUT2D eigenvalue weighted by Gasteiger charge is 2.27. The highest BCUT2D eigenvalue weighted by molar-refractivity contribution is 7.12. The topological polar surface area (TPSA) is 92.5 Å². The molecule has 0 aliphatic heterocycles. The Labute approximate surface area is 119 Å². The molecule has 3 heterocycles. The molecule has 0 unspecified atom stereocenters. The first-order chi connectivity index (χ1) is 9.81. The van der Waals surface area contributed by atoms with E-state index in [1.807, 2.05) is 18.5 Å². The van der Waals surface area contributed by atoms with Gasteiger partial charge in [-0.15, -0.1) is 10.2 Å². The lowest BCUT2D eigenvalue weighted by Crippen LogP contribution is -2.44. The van der Waals surface area contributed by atoms with Crippen LogP contribution in [0.1, 0.15) is 12.8 Å². The maximum Gasteiger partial charge on any atom is 0.151 e. The van der Waals surface area contributed by atoms with Crippen LogP contribution in [-0.2, 0) is 0 Å². The fourth-order valence-electron chi connectivity index (χ4n) is 2.60. The van der Waals surface area contributed by atoms with Crippen LogP contribution in [0.15, 0.2) is 24.0 Å². The lowest BCUT2D eigenvalue weighted by atomic mass is 9.87. The normalized spacial score (nSPS) is 21.9. The molecular formula is C13H14N6S. The summed E-state index contributed by atoms with van der Waals surface area (Å²) in [7, 11) is 0. The maximum atomic E-state index is 5.87. The van der Waals surface area contributed by atoms with Crippen molar-refractivity contribution in [2.24, 2.45) is 5.73 Å². The molecule has 1 saturated carbocycles. The summed E-state index contributed by atoms with van der Waals surface area (Å²) in [4.78, 5) is 7.58. The number of nitrogens with two attached hydrogens (primary N) is 1. The number of anilines is 1. The summed E-state index contributed by atoms with van der Waals surface area (Å²) in [5.41, 5.74) is 10.6. The third-order valence-corrected chi connectivity index (χ3v) is 4.42. The molecule has 0 aromatic carbocycles. The van der Waals surface area contributed by atoms with E-state index in [2.05, 4.69) is 25.5 Å². The van der Waals surface area contributed by atoms with Crippen molar-refractivity contribution >= 4 is 28.1 Å². The molecule has 0 saturated heterocycles. The van der Waals surface area contributed by atoms with E-state index < -0.39 is 0 Å². The summed E-state index contributed by atoms with van der Waals surface area (Å²) in [6.45, 7) is 0. The molecule has 4 N–H and O–H groups in total. The van der Waals surface area contributed by atoms with Gasteiger partial charge in [-0.1, -0.05) is 11.3 Å². The minimum atomic E-state index is 0.320. The first kappa shape index (κ1) is 11.8. The zero-order chi connectivity index (χ0) is 13.5. The Morgan fingerprint density at radius 1 is 1.40 bits per heavy atom. The largest absolute Gasteiger partial charge is 0.381 e. The summed E-state index contributed by atoms with van der Waals surface area (Å²) in [5.74, 6) is 0. The number of nitrogens with one attached hydrogen (secondary N) is 2. The highest BCUT2D eigenvalue weighted by atomic mass is 32.1. The molecule has 1 aliphatic rings. The van der Waals surface area contributed by atoms with E-state index in [0.29, 0.717) is 12.1 Å². The van der Waals surface area contributed by atoms with Gasteiger partial charge in [-0.3, -0.25) is 0 Å². The van der Waals surface area contributed by atoms with Crippen LogP contribution in [0, 0.1) is 0 Å². The third kappa shape index (κ3) is 1.86. The van der Waals surface area contributed by atoms with Gasteiger partial charge in [0.05, 0.1) is 11.3 Å². The molecule has 20 heavy (non-hydrogen) atoms. The van der Waals surface area contributed by atoms with E-state index in [1.54, 1.807) is 5.51 Å². The predicted octanol–water partition coefficient (Wildman–Crippen LogP) is 1.98. The number of rotatable bonds is 3. The van der Waals surface area contributed by atoms with Crippen LogP contribution in [0.3, 0.4) is 0 Å². The average Bonchev–Trinajstić information content (AvgIpc) is 3.08. The monoisotopic (exact) mass is 286 g/mol. The average molecular weight is 286 g/mol. The molecular weight excluding hydrogens is 272 g/mol. The Balaban J connectivity index is 1.81. The van der Waals surface area contributed by atoms with Gasteiger partial charge < -0.3 is 16.0 Å². The Morgan fingerprint density at radius 2 is 2.30 bits per heavy atom. The molecule has 3 aromatic heterocycles. The number of H-pyrrole nitrogens is 1. The van der Waals surface area contributed by atoms with Crippen LogP contribution in [0.2, 0.25) is 0 Å². The van der Waals surface area contributed by atoms with Crippen LogP contribution < -0.4 is 11.1 Å². The summed E-state index contributed by atoms with van der Waals surface area (Å²) in [5, 5.41) is 13.6. The Hall–Kier alpha value is -1.99. The van der Waals surface area contributed by atoms with Gasteiger partial charge in [-0.25, -0.2) is 4.98 Å². The number of aromatic nitrogens is 4. The maximum absolute atomic E-state index is 5.87. The fraction of sp³-hybridized carbons (Fsp3) is 0.308. The second kappa shape index (κ2) is 4.53. The van der Waals surface area contributed by atoms with Crippen LogP contribution in [0.5, 0.6) is 0 Å². The van der Waals surface area contributed by atoms with E-state index >= 15 is 0 Å². The van der Waals surface area contributed by atoms with Gasteiger partial charge in [0.15, 0.2) is 5.01 Å². The van der Waals surface area contributed by atoms with E-state index in [0.717, 1.165) is 40.1 Å². The molecule has 0 atom stereocenters. The Bertz CT molecular complexity index is 728. The van der Waals surface area contributed by atoms with Crippen molar-refractivity contribution in [1.82, 2.24) is 20.2 Å². The zero-order valence-electron chi connectivity index (χ0n) is 10.7. The SMILES string of the molecule is N[C@H]1C[C@@H](Nc2c(-c3nncs3)cnc3[nH]ccc23)C1. The summed E-state index contributed by atoms with van der Waals surface area (Å²) in [6.07, 6.45) is 5.76. The van der Waals surface area contributed by atoms with E-state index in [9.17, 15) is 0 Å². The molecule has 4 rings (SSSR count). The lowest BCUT2D eigenvalue weighted by Gasteiger charge is -2.34. The van der Waals surface area contributed by atoms with Crippen molar-refractivity contribution in [3.05, 3.63) is 24.0 Å². The summed E-state index contributed by atoms with van der Waals surface area (Å²) < 4.78 is 0. The molecule has 0 radical (unpaired) electrons. The van der Waals surface area contributed by atoms with E-state index in [1.165, 1.54) is 11.3 Å². The van der Waals surface area contributed by atoms with Gasteiger partial charge in [0, 0.05) is 29.9 Å². The molecule has 0 spiro atoms. The number of aromatic amines is 1. The molecule has 1 fully saturated rings. The van der Waals surface area contributed by atoms with Gasteiger partial charge >= 0.3 is 0 Å². The van der Waals surface area contributed by atoms with Crippen molar-refractivity contribution in [1.29, 1.82) is 0 Å². The van der Waals surface area contributed by atoms with Crippen molar-refractivity contribution in [2.45, 2.75) is 24.9 Å². The van der Waals surface area contributed by atoms with Gasteiger partial charge in [-0.05, 0) is 18.9 Å². The minimum Gasteiger partial charge on any atom is -0.381 e. The van der Waals surface area contributed by atoms with Gasteiger partial charge in [0.2, 0.25) is 0 Å². The predicted molar refractivity (Wildman–Crippen MR) is 79.6 cm³/mol. The molecule has 6 nitrogen and oxygen atoms in total. The molecule has 1 aliphatic carbocycles. The van der Waals surface area contributed by atoms with Crippen molar-refractivity contribution in [2.75, 3.05) is 5.32 Å². The van der Waals surface area contributed by atoms with Crippen LogP contribution in [0.4, 0.5) is 5.69 Å². The van der Waals surface area contributed by atoms with Crippen molar-refractivity contribution in [3.63, 3.8) is 0 Å². The van der Waals surface area contributed by atoms with E-state index in [4.69, 9.17) is 5.73 Å². The Kier molecular flexibility index (Phi) is 2.68. The molecule has 0 amide bonds. The lowest BCUT2D eigenvalue weighted by molar-refractivity contribution is 0.374. The minimum absolute atomic E-state index is 0.320. The van der Waals surface area contributed by atoms with Gasteiger partial charge in [-0.2, -0.15) is 0 Å². The van der Waals surface area contributed by atoms with Crippen molar-refractivity contribution < 1.29 is 0 Å². The number of fused-ring (bicyclic) bond motifs is 1. The second-order valence-electron chi connectivity index (χ2n) is 5.10. The van der Waals surface area contributed by atoms with Crippen molar-refractivity contribution in [3.8, 4) is 10.6 Å². The molecule has 102 valence electrons. The standard InChI is InChI=1S/C13H14N6S/c14-7-3-8(4-7)18-11-9-1-2-15-12(9)16-5-10(11)13-19-17-6-20-13/h1-2,5-8H,3-4,14H2,(H2,15,16,18)/t7-,8+. The quantitative estimate of drug-likeness (QED) is 0.684. The summed E-state index contributed by atoms with van der Waals surface area (Å²) >= 11 is 1.52. The zero-order valence-corrected chi connectivity index (χ0v) is 11.5. The van der Waals surface area contributed by atoms with E-state index in [-0.39, 0.29) is 0 Å². The molecule has 3 aromatic rings. The number of hydrogen-bond donors (Lipinski definition) is 3. The number of hydrogen-bond acceptors (Lipinski definition) is 6. The number of pyridine rings is 1. The van der Waals surface area contributed by atoms with Gasteiger partial charge in [0.1, 0.15) is 11.2 Å². The second-order valence-corrected chi connectivity index (χ2v) is 5.94. The van der Waals surface area contributed by atoms with Crippen LogP contribution in [-0.4, -0.2) is 32.2 Å². The summed E-state index contributed by atoms with van der Waals surface area (Å²) in [6, 6.07) is 2.78. The van der Waals surface area contributed by atoms with Crippen LogP contribution in [0.25, 0.3) is 21.6 Å². The Morgan fingerprint density at radius 3 is 3.05 bits per heavy atom. The smallest absolute Gasteiger partial charge is 0.151 e. The van der Waals surface area contributed by atoms with Gasteiger partial charge in [0.25, 0.3) is 0 Å². The fourth-order valence-corrected chi connectivity index (χ4v) is 3.17. The highest BCUT2D eigenvalue weighted by Crippen LogP contribution is 2.36. The first-order valence-corrected chi connectivity index (χ1v) is 7.44. The number of nitrogens with zero attached hydrogens (tertiary/aromatic N) is 3. The third-order valence-electron chi connectivity index (χ3n) is 3.70. The van der Waals surface area contributed by atoms with Crippen LogP contribution >= 0.6 is 11.3 Å². The first-order valence-electron chi connectivity index (χ1n) is 6.56. The molecule has 0 bridgehead atoms. The molecule has 7 heteroatoms.